The summed E-state index contributed by atoms with van der Waals surface area (Å²) in [6, 6.07) is 9.89. The number of aryl methyl sites for hydroxylation is 1. The molecule has 0 saturated carbocycles. The lowest BCUT2D eigenvalue weighted by molar-refractivity contribution is -0.116. The lowest BCUT2D eigenvalue weighted by Gasteiger charge is -2.06. The number of benzene rings is 1. The van der Waals surface area contributed by atoms with Crippen LogP contribution in [0.2, 0.25) is 0 Å². The van der Waals surface area contributed by atoms with E-state index >= 15 is 0 Å². The lowest BCUT2D eigenvalue weighted by Crippen LogP contribution is -2.13. The Morgan fingerprint density at radius 1 is 1.08 bits per heavy atom. The number of hydrogen-bond donors (Lipinski definition) is 1. The molecule has 0 saturated heterocycles. The number of amides is 1. The molecule has 2 aromatic heterocycles. The fourth-order valence-corrected chi connectivity index (χ4v) is 2.34. The highest BCUT2D eigenvalue weighted by Crippen LogP contribution is 2.12. The Kier molecular flexibility index (Phi) is 5.07. The maximum atomic E-state index is 12.1. The van der Waals surface area contributed by atoms with Crippen molar-refractivity contribution in [1.82, 2.24) is 19.8 Å². The number of hydrogen-bond acceptors (Lipinski definition) is 7. The van der Waals surface area contributed by atoms with Gasteiger partial charge in [-0.15, -0.1) is 15.3 Å². The van der Waals surface area contributed by atoms with Crippen LogP contribution in [0.3, 0.4) is 0 Å². The first-order valence-electron chi connectivity index (χ1n) is 7.84. The van der Waals surface area contributed by atoms with E-state index in [9.17, 15) is 9.59 Å². The topological polar surface area (TPSA) is 108 Å². The van der Waals surface area contributed by atoms with Gasteiger partial charge in [0.25, 0.3) is 0 Å². The van der Waals surface area contributed by atoms with Gasteiger partial charge in [-0.3, -0.25) is 4.79 Å². The van der Waals surface area contributed by atoms with E-state index in [1.807, 2.05) is 0 Å². The van der Waals surface area contributed by atoms with E-state index in [1.54, 1.807) is 40.9 Å². The molecule has 0 unspecified atom stereocenters. The standard InChI is InChI=1S/C17H17N5O4/c1-25-16-10-8-14-20-19-13(22(14)21-16)7-9-15(23)18-12-5-3-11(4-6-12)17(24)26-2/h3-6,8,10H,7,9H2,1-2H3,(H,18,23). The highest BCUT2D eigenvalue weighted by atomic mass is 16.5. The first-order valence-corrected chi connectivity index (χ1v) is 7.84. The van der Waals surface area contributed by atoms with Crippen LogP contribution in [0.25, 0.3) is 5.65 Å². The monoisotopic (exact) mass is 355 g/mol. The van der Waals surface area contributed by atoms with E-state index in [2.05, 4.69) is 25.3 Å². The molecule has 0 aliphatic rings. The zero-order chi connectivity index (χ0) is 18.5. The van der Waals surface area contributed by atoms with E-state index in [-0.39, 0.29) is 12.3 Å². The van der Waals surface area contributed by atoms with Crippen LogP contribution in [-0.4, -0.2) is 45.9 Å². The minimum atomic E-state index is -0.426. The van der Waals surface area contributed by atoms with Crippen molar-refractivity contribution in [2.45, 2.75) is 12.8 Å². The molecular formula is C17H17N5O4. The summed E-state index contributed by atoms with van der Waals surface area (Å²) in [5.41, 5.74) is 1.59. The Hall–Kier alpha value is -3.49. The van der Waals surface area contributed by atoms with Crippen molar-refractivity contribution in [3.05, 3.63) is 47.8 Å². The van der Waals surface area contributed by atoms with Crippen LogP contribution in [0, 0.1) is 0 Å². The molecule has 0 aliphatic carbocycles. The van der Waals surface area contributed by atoms with E-state index < -0.39 is 5.97 Å². The van der Waals surface area contributed by atoms with Crippen LogP contribution in [0.4, 0.5) is 5.69 Å². The molecule has 1 aromatic carbocycles. The highest BCUT2D eigenvalue weighted by molar-refractivity contribution is 5.93. The van der Waals surface area contributed by atoms with Gasteiger partial charge in [0.1, 0.15) is 0 Å². The van der Waals surface area contributed by atoms with Crippen molar-refractivity contribution in [2.24, 2.45) is 0 Å². The van der Waals surface area contributed by atoms with Crippen molar-refractivity contribution in [1.29, 1.82) is 0 Å². The Morgan fingerprint density at radius 3 is 2.54 bits per heavy atom. The summed E-state index contributed by atoms with van der Waals surface area (Å²) >= 11 is 0. The molecule has 0 atom stereocenters. The predicted molar refractivity (Wildman–Crippen MR) is 92.1 cm³/mol. The number of carbonyl (C=O) groups is 2. The van der Waals surface area contributed by atoms with E-state index in [1.165, 1.54) is 14.2 Å². The smallest absolute Gasteiger partial charge is 0.337 e. The van der Waals surface area contributed by atoms with Gasteiger partial charge in [0.2, 0.25) is 11.8 Å². The maximum Gasteiger partial charge on any atom is 0.337 e. The summed E-state index contributed by atoms with van der Waals surface area (Å²) in [6.45, 7) is 0. The lowest BCUT2D eigenvalue weighted by atomic mass is 10.2. The van der Waals surface area contributed by atoms with E-state index in [4.69, 9.17) is 4.74 Å². The van der Waals surface area contributed by atoms with Gasteiger partial charge in [-0.05, 0) is 30.3 Å². The third-order valence-corrected chi connectivity index (χ3v) is 3.68. The fraction of sp³-hybridized carbons (Fsp3) is 0.235. The number of fused-ring (bicyclic) bond motifs is 1. The number of aromatic nitrogens is 4. The van der Waals surface area contributed by atoms with Gasteiger partial charge in [0.15, 0.2) is 11.5 Å². The Balaban J connectivity index is 1.61. The maximum absolute atomic E-state index is 12.1. The minimum absolute atomic E-state index is 0.185. The molecule has 2 heterocycles. The van der Waals surface area contributed by atoms with Gasteiger partial charge in [-0.1, -0.05) is 0 Å². The van der Waals surface area contributed by atoms with Crippen LogP contribution < -0.4 is 10.1 Å². The molecular weight excluding hydrogens is 338 g/mol. The van der Waals surface area contributed by atoms with Gasteiger partial charge < -0.3 is 14.8 Å². The molecule has 9 heteroatoms. The van der Waals surface area contributed by atoms with Gasteiger partial charge in [-0.25, -0.2) is 4.79 Å². The third-order valence-electron chi connectivity index (χ3n) is 3.68. The zero-order valence-corrected chi connectivity index (χ0v) is 14.3. The molecule has 0 radical (unpaired) electrons. The minimum Gasteiger partial charge on any atom is -0.480 e. The second-order valence-corrected chi connectivity index (χ2v) is 5.38. The normalized spacial score (nSPS) is 10.5. The van der Waals surface area contributed by atoms with Crippen molar-refractivity contribution < 1.29 is 19.1 Å². The summed E-state index contributed by atoms with van der Waals surface area (Å²) < 4.78 is 11.3. The van der Waals surface area contributed by atoms with Crippen molar-refractivity contribution >= 4 is 23.2 Å². The van der Waals surface area contributed by atoms with Gasteiger partial charge in [0, 0.05) is 24.6 Å². The number of anilines is 1. The Labute approximate surface area is 148 Å². The summed E-state index contributed by atoms with van der Waals surface area (Å²) in [4.78, 5) is 23.5. The van der Waals surface area contributed by atoms with Crippen LogP contribution in [0.15, 0.2) is 36.4 Å². The number of nitrogens with one attached hydrogen (secondary N) is 1. The van der Waals surface area contributed by atoms with E-state index in [0.29, 0.717) is 35.0 Å². The molecule has 3 aromatic rings. The Bertz CT molecular complexity index is 936. The first-order chi connectivity index (χ1) is 12.6. The summed E-state index contributed by atoms with van der Waals surface area (Å²) in [7, 11) is 2.84. The molecule has 0 aliphatic heterocycles. The molecule has 134 valence electrons. The number of esters is 1. The molecule has 0 fully saturated rings. The summed E-state index contributed by atoms with van der Waals surface area (Å²) in [5, 5.41) is 15.1. The van der Waals surface area contributed by atoms with Gasteiger partial charge >= 0.3 is 5.97 Å². The average molecular weight is 355 g/mol. The second kappa shape index (κ2) is 7.60. The predicted octanol–water partition coefficient (Wildman–Crippen LogP) is 1.49. The second-order valence-electron chi connectivity index (χ2n) is 5.38. The quantitative estimate of drug-likeness (QED) is 0.667. The third kappa shape index (κ3) is 3.77. The first kappa shape index (κ1) is 17.3. The molecule has 3 rings (SSSR count). The van der Waals surface area contributed by atoms with Gasteiger partial charge in [-0.2, -0.15) is 4.52 Å². The molecule has 0 bridgehead atoms. The molecule has 1 amide bonds. The van der Waals surface area contributed by atoms with E-state index in [0.717, 1.165) is 0 Å². The van der Waals surface area contributed by atoms with Crippen LogP contribution in [-0.2, 0) is 16.0 Å². The number of rotatable bonds is 6. The van der Waals surface area contributed by atoms with Crippen molar-refractivity contribution in [3.63, 3.8) is 0 Å². The zero-order valence-electron chi connectivity index (χ0n) is 14.3. The largest absolute Gasteiger partial charge is 0.480 e. The van der Waals surface area contributed by atoms with Crippen LogP contribution in [0.1, 0.15) is 22.6 Å². The average Bonchev–Trinajstić information content (AvgIpc) is 3.08. The molecule has 0 spiro atoms. The summed E-state index contributed by atoms with van der Waals surface area (Å²) in [5.74, 6) is 0.392. The van der Waals surface area contributed by atoms with Crippen LogP contribution in [0.5, 0.6) is 5.88 Å². The van der Waals surface area contributed by atoms with Crippen molar-refractivity contribution in [2.75, 3.05) is 19.5 Å². The number of carbonyl (C=O) groups excluding carboxylic acids is 2. The number of nitrogens with zero attached hydrogens (tertiary/aromatic N) is 4. The molecule has 1 N–H and O–H groups in total. The van der Waals surface area contributed by atoms with Crippen LogP contribution >= 0.6 is 0 Å². The highest BCUT2D eigenvalue weighted by Gasteiger charge is 2.11. The molecule has 26 heavy (non-hydrogen) atoms. The SMILES string of the molecule is COC(=O)c1ccc(NC(=O)CCc2nnc3ccc(OC)nn23)cc1. The van der Waals surface area contributed by atoms with Crippen molar-refractivity contribution in [3.8, 4) is 5.88 Å². The van der Waals surface area contributed by atoms with Gasteiger partial charge in [0.05, 0.1) is 19.8 Å². The summed E-state index contributed by atoms with van der Waals surface area (Å²) in [6.07, 6.45) is 0.575. The molecule has 9 nitrogen and oxygen atoms in total. The number of ether oxygens (including phenoxy) is 2. The Morgan fingerprint density at radius 2 is 1.85 bits per heavy atom. The number of methoxy groups -OCH3 is 2. The fourth-order valence-electron chi connectivity index (χ4n) is 2.34.